The minimum atomic E-state index is -0.490. The number of aryl methyl sites for hydroxylation is 3. The summed E-state index contributed by atoms with van der Waals surface area (Å²) in [5.74, 6) is 0. The number of benzene rings is 3. The van der Waals surface area contributed by atoms with Gasteiger partial charge in [0.15, 0.2) is 0 Å². The first kappa shape index (κ1) is 24.5. The van der Waals surface area contributed by atoms with Gasteiger partial charge in [-0.15, -0.1) is 0 Å². The zero-order valence-electron chi connectivity index (χ0n) is 22.8. The van der Waals surface area contributed by atoms with Crippen LogP contribution in [0.2, 0.25) is 0 Å². The third-order valence-corrected chi connectivity index (χ3v) is 11.2. The molecule has 0 bridgehead atoms. The molecular formula is C33H38NTe+. The van der Waals surface area contributed by atoms with Gasteiger partial charge in [0.25, 0.3) is 0 Å². The summed E-state index contributed by atoms with van der Waals surface area (Å²) in [4.78, 5) is 0. The number of hydrogen-bond acceptors (Lipinski definition) is 0. The van der Waals surface area contributed by atoms with Crippen molar-refractivity contribution in [2.45, 2.75) is 67.2 Å². The van der Waals surface area contributed by atoms with Crippen LogP contribution in [-0.4, -0.2) is 20.4 Å². The van der Waals surface area contributed by atoms with Gasteiger partial charge < -0.3 is 0 Å². The van der Waals surface area contributed by atoms with Crippen LogP contribution in [0.1, 0.15) is 63.8 Å². The second-order valence-corrected chi connectivity index (χ2v) is 15.4. The summed E-state index contributed by atoms with van der Waals surface area (Å²) >= 11 is -0.490. The third kappa shape index (κ3) is 4.24. The second kappa shape index (κ2) is 8.47. The topological polar surface area (TPSA) is 3.88 Å². The number of pyridine rings is 1. The second-order valence-electron chi connectivity index (χ2n) is 12.5. The van der Waals surface area contributed by atoms with Gasteiger partial charge >= 0.3 is 221 Å². The van der Waals surface area contributed by atoms with Crippen molar-refractivity contribution in [3.8, 4) is 11.3 Å². The molecule has 0 N–H and O–H groups in total. The summed E-state index contributed by atoms with van der Waals surface area (Å²) in [6.07, 6.45) is 3.41. The summed E-state index contributed by atoms with van der Waals surface area (Å²) in [5, 5.41) is 5.71. The Balaban J connectivity index is 1.86. The number of rotatable bonds is 2. The van der Waals surface area contributed by atoms with E-state index in [9.17, 15) is 0 Å². The fourth-order valence-electron chi connectivity index (χ4n) is 5.58. The van der Waals surface area contributed by atoms with Gasteiger partial charge in [-0.2, -0.15) is 0 Å². The fourth-order valence-corrected chi connectivity index (χ4v) is 9.62. The van der Waals surface area contributed by atoms with Crippen molar-refractivity contribution in [3.05, 3.63) is 77.0 Å². The average molecular weight is 576 g/mol. The molecule has 2 heteroatoms. The fraction of sp³-hybridized carbons (Fsp3) is 0.364. The molecule has 2 aromatic heterocycles. The predicted molar refractivity (Wildman–Crippen MR) is 154 cm³/mol. The molecule has 2 heterocycles. The van der Waals surface area contributed by atoms with E-state index in [0.29, 0.717) is 5.41 Å². The van der Waals surface area contributed by atoms with Crippen LogP contribution in [0, 0.1) is 19.3 Å². The van der Waals surface area contributed by atoms with E-state index in [1.54, 1.807) is 6.80 Å². The van der Waals surface area contributed by atoms with E-state index in [-0.39, 0.29) is 5.41 Å². The van der Waals surface area contributed by atoms with Crippen LogP contribution < -0.4 is 4.57 Å². The van der Waals surface area contributed by atoms with E-state index >= 15 is 0 Å². The molecule has 0 aliphatic rings. The summed E-state index contributed by atoms with van der Waals surface area (Å²) < 4.78 is 5.63. The summed E-state index contributed by atoms with van der Waals surface area (Å²) in [6, 6.07) is 18.6. The molecule has 0 radical (unpaired) electrons. The Hall–Kier alpha value is -2.14. The van der Waals surface area contributed by atoms with Crippen LogP contribution >= 0.6 is 0 Å². The van der Waals surface area contributed by atoms with E-state index in [0.717, 1.165) is 6.42 Å². The van der Waals surface area contributed by atoms with Crippen molar-refractivity contribution in [1.82, 2.24) is 0 Å². The van der Waals surface area contributed by atoms with Crippen LogP contribution in [0.4, 0.5) is 0 Å². The molecule has 0 spiro atoms. The van der Waals surface area contributed by atoms with Gasteiger partial charge in [-0.05, 0) is 0 Å². The molecule has 0 unspecified atom stereocenters. The Kier molecular flexibility index (Phi) is 5.94. The molecule has 0 amide bonds. The Morgan fingerprint density at radius 3 is 2.06 bits per heavy atom. The number of aromatic nitrogens is 1. The van der Waals surface area contributed by atoms with Crippen LogP contribution in [0.3, 0.4) is 0 Å². The SMILES string of the molecule is Cc1c(-c2c3[te]c4c(C)c(CC(C)(C)C)ccc4c3cc[n+]2C)cc(C(C)(C)C)c2ccccc12. The molecule has 3 aromatic carbocycles. The number of nitrogens with zero attached hydrogens (tertiary/aromatic N) is 1. The first-order valence-corrected chi connectivity index (χ1v) is 15.1. The molecule has 0 saturated heterocycles. The quantitative estimate of drug-likeness (QED) is 0.147. The molecule has 5 rings (SSSR count). The Morgan fingerprint density at radius 2 is 1.40 bits per heavy atom. The van der Waals surface area contributed by atoms with Gasteiger partial charge in [0.2, 0.25) is 0 Å². The van der Waals surface area contributed by atoms with E-state index < -0.39 is 20.4 Å². The zero-order valence-corrected chi connectivity index (χ0v) is 25.1. The van der Waals surface area contributed by atoms with Crippen molar-refractivity contribution in [2.24, 2.45) is 12.5 Å². The van der Waals surface area contributed by atoms with Gasteiger partial charge in [-0.25, -0.2) is 0 Å². The van der Waals surface area contributed by atoms with E-state index in [2.05, 4.69) is 122 Å². The first-order chi connectivity index (χ1) is 16.4. The molecular weight excluding hydrogens is 538 g/mol. The molecule has 35 heavy (non-hydrogen) atoms. The van der Waals surface area contributed by atoms with Crippen molar-refractivity contribution in [3.63, 3.8) is 0 Å². The van der Waals surface area contributed by atoms with E-state index in [1.165, 1.54) is 55.1 Å². The van der Waals surface area contributed by atoms with Crippen molar-refractivity contribution in [2.75, 3.05) is 0 Å². The van der Waals surface area contributed by atoms with Gasteiger partial charge in [0.05, 0.1) is 0 Å². The van der Waals surface area contributed by atoms with Gasteiger partial charge in [0, 0.05) is 0 Å². The average Bonchev–Trinajstić information content (AvgIpc) is 3.14. The Labute approximate surface area is 220 Å². The van der Waals surface area contributed by atoms with Gasteiger partial charge in [-0.1, -0.05) is 0 Å². The van der Waals surface area contributed by atoms with Crippen LogP contribution in [-0.2, 0) is 18.9 Å². The first-order valence-electron chi connectivity index (χ1n) is 12.7. The van der Waals surface area contributed by atoms with Crippen LogP contribution in [0.25, 0.3) is 39.6 Å². The maximum atomic E-state index is 2.50. The summed E-state index contributed by atoms with van der Waals surface area (Å²) in [7, 11) is 2.23. The molecule has 0 aliphatic heterocycles. The monoisotopic (exact) mass is 578 g/mol. The normalized spacial score (nSPS) is 12.8. The summed E-state index contributed by atoms with van der Waals surface area (Å²) in [6.45, 7) is 18.7. The van der Waals surface area contributed by atoms with E-state index in [1.807, 2.05) is 0 Å². The number of fused-ring (bicyclic) bond motifs is 4. The van der Waals surface area contributed by atoms with Crippen LogP contribution in [0.5, 0.6) is 0 Å². The predicted octanol–water partition coefficient (Wildman–Crippen LogP) is 8.20. The Morgan fingerprint density at radius 1 is 0.743 bits per heavy atom. The minimum absolute atomic E-state index is 0.0800. The van der Waals surface area contributed by atoms with Crippen molar-refractivity contribution < 1.29 is 4.57 Å². The molecule has 0 fully saturated rings. The maximum absolute atomic E-state index is 2.50. The molecule has 1 nitrogen and oxygen atoms in total. The van der Waals surface area contributed by atoms with Crippen LogP contribution in [0.15, 0.2) is 54.7 Å². The standard InChI is InChI=1S/C33H38NTe/c1-20-22(19-32(3,4)5)14-15-25-26-16-17-34(9)29(31(26)35-30(20)25)27-18-28(33(6,7)8)24-13-11-10-12-23(24)21(27)2/h10-18H,19H2,1-9H3/q+1. The Bertz CT molecular complexity index is 1600. The molecule has 0 saturated carbocycles. The molecule has 0 atom stereocenters. The third-order valence-electron chi connectivity index (χ3n) is 7.39. The van der Waals surface area contributed by atoms with Gasteiger partial charge in [-0.3, -0.25) is 0 Å². The van der Waals surface area contributed by atoms with Crippen molar-refractivity contribution >= 4 is 48.8 Å². The van der Waals surface area contributed by atoms with E-state index in [4.69, 9.17) is 0 Å². The molecule has 5 aromatic rings. The van der Waals surface area contributed by atoms with Crippen molar-refractivity contribution in [1.29, 1.82) is 0 Å². The molecule has 0 aliphatic carbocycles. The zero-order chi connectivity index (χ0) is 25.3. The van der Waals surface area contributed by atoms with Gasteiger partial charge in [0.1, 0.15) is 0 Å². The summed E-state index contributed by atoms with van der Waals surface area (Å²) in [5.41, 5.74) is 9.10. The molecule has 180 valence electrons. The number of hydrogen-bond donors (Lipinski definition) is 0.